The number of carbonyl (C=O) groups is 1. The summed E-state index contributed by atoms with van der Waals surface area (Å²) in [5.74, 6) is 0. The lowest BCUT2D eigenvalue weighted by Crippen LogP contribution is -2.72. The Balaban J connectivity index is 2.91. The minimum atomic E-state index is -0.560. The summed E-state index contributed by atoms with van der Waals surface area (Å²) in [4.78, 5) is 16.6. The van der Waals surface area contributed by atoms with Gasteiger partial charge >= 0.3 is 6.03 Å². The molecule has 0 fully saturated rings. The van der Waals surface area contributed by atoms with Crippen molar-refractivity contribution in [2.75, 3.05) is 6.54 Å². The van der Waals surface area contributed by atoms with Crippen molar-refractivity contribution in [3.8, 4) is 0 Å². The van der Waals surface area contributed by atoms with E-state index in [1.54, 1.807) is 30.8 Å². The number of pyridine rings is 1. The maximum absolute atomic E-state index is 11.3. The zero-order valence-corrected chi connectivity index (χ0v) is 10.6. The van der Waals surface area contributed by atoms with Gasteiger partial charge in [0, 0.05) is 18.8 Å². The van der Waals surface area contributed by atoms with Crippen molar-refractivity contribution in [2.24, 2.45) is 5.73 Å². The van der Waals surface area contributed by atoms with Crippen molar-refractivity contribution in [1.29, 1.82) is 5.41 Å². The van der Waals surface area contributed by atoms with Crippen LogP contribution in [0.15, 0.2) is 36.4 Å². The Morgan fingerprint density at radius 1 is 1.67 bits per heavy atom. The van der Waals surface area contributed by atoms with E-state index in [2.05, 4.69) is 4.98 Å². The van der Waals surface area contributed by atoms with Crippen LogP contribution in [0, 0.1) is 5.41 Å². The number of hydrogen-bond donors (Lipinski definition) is 3. The number of nitrogens with zero attached hydrogens (tertiary/aromatic N) is 2. The lowest BCUT2D eigenvalue weighted by Gasteiger charge is -2.19. The Morgan fingerprint density at radius 2 is 2.39 bits per heavy atom. The van der Waals surface area contributed by atoms with Crippen LogP contribution in [0.2, 0.25) is 0 Å². The topological polar surface area (TPSA) is 99.7 Å². The average Bonchev–Trinajstić information content (AvgIpc) is 2.34. The highest BCUT2D eigenvalue weighted by molar-refractivity contribution is 5.98. The van der Waals surface area contributed by atoms with E-state index in [-0.39, 0.29) is 5.71 Å². The second-order valence-corrected chi connectivity index (χ2v) is 3.71. The molecule has 0 unspecified atom stereocenters. The molecular formula is C12H18N5O+. The number of nitrogens with two attached hydrogens (primary N) is 2. The summed E-state index contributed by atoms with van der Waals surface area (Å²) in [6, 6.07) is 3.15. The van der Waals surface area contributed by atoms with Gasteiger partial charge in [-0.2, -0.15) is 0 Å². The van der Waals surface area contributed by atoms with Gasteiger partial charge in [-0.1, -0.05) is 0 Å². The van der Waals surface area contributed by atoms with Crippen LogP contribution in [0.3, 0.4) is 0 Å². The third-order valence-corrected chi connectivity index (χ3v) is 2.38. The number of amides is 2. The SMILES string of the molecule is CCN(C(N)=O)/C(=C/[NH2+]c1cccnc1)C(C)=N. The van der Waals surface area contributed by atoms with Crippen molar-refractivity contribution in [1.82, 2.24) is 9.88 Å². The summed E-state index contributed by atoms with van der Waals surface area (Å²) in [7, 11) is 0. The van der Waals surface area contributed by atoms with Gasteiger partial charge in [0.2, 0.25) is 0 Å². The number of quaternary nitrogens is 1. The van der Waals surface area contributed by atoms with E-state index in [4.69, 9.17) is 11.1 Å². The van der Waals surface area contributed by atoms with Crippen molar-refractivity contribution in [2.45, 2.75) is 13.8 Å². The standard InChI is InChI=1S/C12H17N5O/c1-3-17(12(14)18)11(9(2)13)8-16-10-5-4-6-15-7-10/h4-8,13,16H,3H2,1-2H3,(H2,14,18)/p+1/b11-8+,13-9?. The maximum Gasteiger partial charge on any atom is 0.319 e. The second-order valence-electron chi connectivity index (χ2n) is 3.71. The smallest absolute Gasteiger partial charge is 0.319 e. The minimum absolute atomic E-state index is 0.288. The van der Waals surface area contributed by atoms with E-state index in [0.29, 0.717) is 12.2 Å². The Kier molecular flexibility index (Phi) is 5.01. The largest absolute Gasteiger partial charge is 0.351 e. The molecule has 96 valence electrons. The van der Waals surface area contributed by atoms with Crippen LogP contribution in [-0.2, 0) is 0 Å². The van der Waals surface area contributed by atoms with Gasteiger partial charge in [-0.15, -0.1) is 0 Å². The molecule has 0 aliphatic heterocycles. The van der Waals surface area contributed by atoms with Crippen LogP contribution in [0.4, 0.5) is 10.5 Å². The molecule has 0 saturated carbocycles. The van der Waals surface area contributed by atoms with Gasteiger partial charge in [0.05, 0.1) is 11.9 Å². The second kappa shape index (κ2) is 6.51. The molecule has 0 aliphatic carbocycles. The van der Waals surface area contributed by atoms with E-state index >= 15 is 0 Å². The monoisotopic (exact) mass is 248 g/mol. The first kappa shape index (κ1) is 13.9. The highest BCUT2D eigenvalue weighted by Gasteiger charge is 2.16. The number of hydrogen-bond acceptors (Lipinski definition) is 3. The maximum atomic E-state index is 11.3. The highest BCUT2D eigenvalue weighted by atomic mass is 16.2. The summed E-state index contributed by atoms with van der Waals surface area (Å²) in [5, 5.41) is 9.49. The zero-order valence-electron chi connectivity index (χ0n) is 10.6. The summed E-state index contributed by atoms with van der Waals surface area (Å²) in [5.41, 5.74) is 6.96. The number of rotatable bonds is 5. The number of urea groups is 1. The molecule has 1 rings (SSSR count). The summed E-state index contributed by atoms with van der Waals surface area (Å²) in [6.45, 7) is 3.86. The van der Waals surface area contributed by atoms with Gasteiger partial charge in [-0.05, 0) is 19.9 Å². The molecule has 0 aromatic carbocycles. The molecule has 1 aromatic rings. The zero-order chi connectivity index (χ0) is 13.5. The first-order chi connectivity index (χ1) is 8.56. The predicted molar refractivity (Wildman–Crippen MR) is 69.3 cm³/mol. The van der Waals surface area contributed by atoms with Crippen LogP contribution in [0.25, 0.3) is 0 Å². The van der Waals surface area contributed by atoms with Crippen LogP contribution >= 0.6 is 0 Å². The Hall–Kier alpha value is -2.21. The van der Waals surface area contributed by atoms with Gasteiger partial charge in [0.25, 0.3) is 0 Å². The third-order valence-electron chi connectivity index (χ3n) is 2.38. The fraction of sp³-hybridized carbons (Fsp3) is 0.250. The molecule has 18 heavy (non-hydrogen) atoms. The normalized spacial score (nSPS) is 11.1. The molecule has 0 radical (unpaired) electrons. The molecule has 1 heterocycles. The predicted octanol–water partition coefficient (Wildman–Crippen LogP) is 0.558. The van der Waals surface area contributed by atoms with Gasteiger partial charge in [-0.25, -0.2) is 4.79 Å². The van der Waals surface area contributed by atoms with E-state index in [1.807, 2.05) is 19.1 Å². The third kappa shape index (κ3) is 3.67. The fourth-order valence-corrected chi connectivity index (χ4v) is 1.51. The molecule has 1 aromatic heterocycles. The molecule has 0 spiro atoms. The van der Waals surface area contributed by atoms with Crippen LogP contribution in [-0.4, -0.2) is 28.2 Å². The van der Waals surface area contributed by atoms with Crippen LogP contribution in [0.5, 0.6) is 0 Å². The highest BCUT2D eigenvalue weighted by Crippen LogP contribution is 2.04. The fourth-order valence-electron chi connectivity index (χ4n) is 1.51. The van der Waals surface area contributed by atoms with E-state index in [0.717, 1.165) is 5.69 Å². The quantitative estimate of drug-likeness (QED) is 0.663. The van der Waals surface area contributed by atoms with Gasteiger partial charge in [0.1, 0.15) is 11.9 Å². The van der Waals surface area contributed by atoms with Crippen molar-refractivity contribution < 1.29 is 10.1 Å². The van der Waals surface area contributed by atoms with E-state index in [9.17, 15) is 4.79 Å². The van der Waals surface area contributed by atoms with Crippen LogP contribution < -0.4 is 11.1 Å². The first-order valence-corrected chi connectivity index (χ1v) is 5.63. The van der Waals surface area contributed by atoms with Gasteiger partial charge < -0.3 is 11.1 Å². The molecule has 5 N–H and O–H groups in total. The molecule has 0 atom stereocenters. The number of allylic oxidation sites excluding steroid dienone is 1. The Morgan fingerprint density at radius 3 is 2.83 bits per heavy atom. The van der Waals surface area contributed by atoms with Crippen molar-refractivity contribution >= 4 is 17.4 Å². The number of aromatic nitrogens is 1. The molecule has 0 aliphatic rings. The first-order valence-electron chi connectivity index (χ1n) is 5.63. The van der Waals surface area contributed by atoms with Crippen molar-refractivity contribution in [3.05, 3.63) is 36.4 Å². The Labute approximate surface area is 106 Å². The average molecular weight is 248 g/mol. The number of carbonyl (C=O) groups excluding carboxylic acids is 1. The molecule has 2 amide bonds. The Bertz CT molecular complexity index is 455. The lowest BCUT2D eigenvalue weighted by molar-refractivity contribution is -0.497. The minimum Gasteiger partial charge on any atom is -0.351 e. The molecule has 6 heteroatoms. The summed E-state index contributed by atoms with van der Waals surface area (Å²) >= 11 is 0. The molecule has 0 saturated heterocycles. The molecule has 6 nitrogen and oxygen atoms in total. The number of primary amides is 1. The van der Waals surface area contributed by atoms with E-state index < -0.39 is 6.03 Å². The lowest BCUT2D eigenvalue weighted by atomic mass is 10.2. The summed E-state index contributed by atoms with van der Waals surface area (Å²) in [6.07, 6.45) is 5.09. The number of nitrogens with one attached hydrogen (secondary N) is 1. The van der Waals surface area contributed by atoms with Gasteiger partial charge in [0.15, 0.2) is 5.69 Å². The summed E-state index contributed by atoms with van der Waals surface area (Å²) < 4.78 is 0. The van der Waals surface area contributed by atoms with E-state index in [1.165, 1.54) is 4.90 Å². The van der Waals surface area contributed by atoms with Crippen LogP contribution in [0.1, 0.15) is 13.8 Å². The van der Waals surface area contributed by atoms with Crippen molar-refractivity contribution in [3.63, 3.8) is 0 Å². The van der Waals surface area contributed by atoms with Gasteiger partial charge in [-0.3, -0.25) is 15.2 Å². The molecule has 0 bridgehead atoms. The molecular weight excluding hydrogens is 230 g/mol.